The summed E-state index contributed by atoms with van der Waals surface area (Å²) in [5.74, 6) is -1.35. The predicted molar refractivity (Wildman–Crippen MR) is 79.3 cm³/mol. The summed E-state index contributed by atoms with van der Waals surface area (Å²) in [5, 5.41) is 2.46. The summed E-state index contributed by atoms with van der Waals surface area (Å²) >= 11 is 3.03. The molecule has 0 saturated heterocycles. The lowest BCUT2D eigenvalue weighted by molar-refractivity contribution is -0.117. The SMILES string of the molecule is CC(C)C[C@H](CN)CC(=O)Nc1c(F)cc(F)cc1Br. The van der Waals surface area contributed by atoms with Crippen LogP contribution in [0, 0.1) is 23.5 Å². The molecule has 0 aliphatic heterocycles. The molecular formula is C14H19BrF2N2O. The van der Waals surface area contributed by atoms with Crippen LogP contribution in [-0.4, -0.2) is 12.5 Å². The standard InChI is InChI=1S/C14H19BrF2N2O/c1-8(2)3-9(7-18)4-13(20)19-14-11(15)5-10(16)6-12(14)17/h5-6,8-9H,3-4,7,18H2,1-2H3,(H,19,20)/t9-/m0/s1. The lowest BCUT2D eigenvalue weighted by Crippen LogP contribution is -2.24. The number of amides is 1. The third kappa shape index (κ3) is 5.17. The third-order valence-electron chi connectivity index (χ3n) is 2.88. The molecule has 1 amide bonds. The maximum Gasteiger partial charge on any atom is 0.224 e. The largest absolute Gasteiger partial charge is 0.330 e. The molecule has 1 aromatic rings. The molecule has 0 aromatic heterocycles. The van der Waals surface area contributed by atoms with Gasteiger partial charge in [0.05, 0.1) is 5.69 Å². The van der Waals surface area contributed by atoms with E-state index >= 15 is 0 Å². The van der Waals surface area contributed by atoms with Gasteiger partial charge in [-0.2, -0.15) is 0 Å². The Morgan fingerprint density at radius 2 is 2.05 bits per heavy atom. The van der Waals surface area contributed by atoms with Crippen LogP contribution in [0.4, 0.5) is 14.5 Å². The molecule has 0 aliphatic rings. The minimum atomic E-state index is -0.807. The number of halogens is 3. The average molecular weight is 349 g/mol. The minimum Gasteiger partial charge on any atom is -0.330 e. The smallest absolute Gasteiger partial charge is 0.224 e. The van der Waals surface area contributed by atoms with E-state index in [1.54, 1.807) is 0 Å². The highest BCUT2D eigenvalue weighted by molar-refractivity contribution is 9.10. The Morgan fingerprint density at radius 3 is 2.55 bits per heavy atom. The van der Waals surface area contributed by atoms with Gasteiger partial charge in [0.1, 0.15) is 5.82 Å². The fourth-order valence-electron chi connectivity index (χ4n) is 2.04. The van der Waals surface area contributed by atoms with Gasteiger partial charge in [-0.05, 0) is 46.8 Å². The number of carbonyl (C=O) groups is 1. The normalized spacial score (nSPS) is 12.6. The van der Waals surface area contributed by atoms with Crippen LogP contribution in [-0.2, 0) is 4.79 Å². The molecular weight excluding hydrogens is 330 g/mol. The van der Waals surface area contributed by atoms with Crippen molar-refractivity contribution in [1.29, 1.82) is 0 Å². The van der Waals surface area contributed by atoms with Crippen molar-refractivity contribution < 1.29 is 13.6 Å². The molecule has 0 heterocycles. The zero-order valence-corrected chi connectivity index (χ0v) is 13.1. The molecule has 0 saturated carbocycles. The Hall–Kier alpha value is -1.01. The highest BCUT2D eigenvalue weighted by Gasteiger charge is 2.17. The highest BCUT2D eigenvalue weighted by Crippen LogP contribution is 2.27. The van der Waals surface area contributed by atoms with Crippen molar-refractivity contribution in [2.75, 3.05) is 11.9 Å². The van der Waals surface area contributed by atoms with Crippen molar-refractivity contribution in [1.82, 2.24) is 0 Å². The van der Waals surface area contributed by atoms with Gasteiger partial charge < -0.3 is 11.1 Å². The number of anilines is 1. The van der Waals surface area contributed by atoms with Gasteiger partial charge in [0, 0.05) is 17.0 Å². The van der Waals surface area contributed by atoms with Gasteiger partial charge in [-0.3, -0.25) is 4.79 Å². The average Bonchev–Trinajstić information content (AvgIpc) is 2.32. The molecule has 0 spiro atoms. The predicted octanol–water partition coefficient (Wildman–Crippen LogP) is 3.68. The Balaban J connectivity index is 2.71. The van der Waals surface area contributed by atoms with E-state index in [1.807, 2.05) is 0 Å². The summed E-state index contributed by atoms with van der Waals surface area (Å²) in [6.45, 7) is 4.51. The Morgan fingerprint density at radius 1 is 1.40 bits per heavy atom. The molecule has 1 rings (SSSR count). The number of nitrogens with one attached hydrogen (secondary N) is 1. The van der Waals surface area contributed by atoms with Crippen molar-refractivity contribution in [3.8, 4) is 0 Å². The molecule has 20 heavy (non-hydrogen) atoms. The van der Waals surface area contributed by atoms with Crippen LogP contribution < -0.4 is 11.1 Å². The second-order valence-corrected chi connectivity index (χ2v) is 6.08. The van der Waals surface area contributed by atoms with Crippen molar-refractivity contribution >= 4 is 27.5 Å². The van der Waals surface area contributed by atoms with Crippen LogP contribution in [0.25, 0.3) is 0 Å². The molecule has 0 aliphatic carbocycles. The van der Waals surface area contributed by atoms with Crippen LogP contribution in [0.2, 0.25) is 0 Å². The number of carbonyl (C=O) groups excluding carboxylic acids is 1. The van der Waals surface area contributed by atoms with Gasteiger partial charge >= 0.3 is 0 Å². The zero-order valence-electron chi connectivity index (χ0n) is 11.6. The molecule has 6 heteroatoms. The quantitative estimate of drug-likeness (QED) is 0.823. The van der Waals surface area contributed by atoms with Crippen LogP contribution in [0.5, 0.6) is 0 Å². The van der Waals surface area contributed by atoms with Crippen molar-refractivity contribution in [3.05, 3.63) is 28.2 Å². The second kappa shape index (κ2) is 7.69. The molecule has 1 aromatic carbocycles. The van der Waals surface area contributed by atoms with Gasteiger partial charge in [-0.25, -0.2) is 8.78 Å². The first-order chi connectivity index (χ1) is 9.33. The van der Waals surface area contributed by atoms with E-state index in [0.717, 1.165) is 18.6 Å². The van der Waals surface area contributed by atoms with Crippen LogP contribution >= 0.6 is 15.9 Å². The molecule has 0 radical (unpaired) electrons. The first-order valence-electron chi connectivity index (χ1n) is 6.48. The number of nitrogens with two attached hydrogens (primary N) is 1. The number of hydrogen-bond donors (Lipinski definition) is 2. The van der Waals surface area contributed by atoms with Gasteiger partial charge in [0.2, 0.25) is 5.91 Å². The number of benzene rings is 1. The summed E-state index contributed by atoms with van der Waals surface area (Å²) in [7, 11) is 0. The van der Waals surface area contributed by atoms with Gasteiger partial charge in [-0.1, -0.05) is 13.8 Å². The highest BCUT2D eigenvalue weighted by atomic mass is 79.9. The molecule has 1 atom stereocenters. The lowest BCUT2D eigenvalue weighted by Gasteiger charge is -2.17. The van der Waals surface area contributed by atoms with E-state index in [2.05, 4.69) is 35.1 Å². The summed E-state index contributed by atoms with van der Waals surface area (Å²) in [6, 6.07) is 1.84. The van der Waals surface area contributed by atoms with Crippen molar-refractivity contribution in [2.45, 2.75) is 26.7 Å². The summed E-state index contributed by atoms with van der Waals surface area (Å²) in [6.07, 6.45) is 1.05. The lowest BCUT2D eigenvalue weighted by atomic mass is 9.94. The monoisotopic (exact) mass is 348 g/mol. The first-order valence-corrected chi connectivity index (χ1v) is 7.27. The fraction of sp³-hybridized carbons (Fsp3) is 0.500. The molecule has 3 nitrogen and oxygen atoms in total. The van der Waals surface area contributed by atoms with E-state index in [-0.39, 0.29) is 28.4 Å². The van der Waals surface area contributed by atoms with E-state index in [4.69, 9.17) is 5.73 Å². The van der Waals surface area contributed by atoms with E-state index in [0.29, 0.717) is 12.5 Å². The maximum atomic E-state index is 13.6. The zero-order chi connectivity index (χ0) is 15.3. The Bertz CT molecular complexity index is 457. The minimum absolute atomic E-state index is 0.0447. The summed E-state index contributed by atoms with van der Waals surface area (Å²) in [5.41, 5.74) is 5.58. The number of rotatable bonds is 6. The maximum absolute atomic E-state index is 13.6. The molecule has 112 valence electrons. The fourth-order valence-corrected chi connectivity index (χ4v) is 2.55. The topological polar surface area (TPSA) is 55.1 Å². The Kier molecular flexibility index (Phi) is 6.55. The second-order valence-electron chi connectivity index (χ2n) is 5.23. The van der Waals surface area contributed by atoms with Gasteiger partial charge in [-0.15, -0.1) is 0 Å². The van der Waals surface area contributed by atoms with Gasteiger partial charge in [0.15, 0.2) is 5.82 Å². The van der Waals surface area contributed by atoms with Crippen molar-refractivity contribution in [2.24, 2.45) is 17.6 Å². The molecule has 3 N–H and O–H groups in total. The first kappa shape index (κ1) is 17.0. The summed E-state index contributed by atoms with van der Waals surface area (Å²) < 4.78 is 26.7. The van der Waals surface area contributed by atoms with Crippen LogP contribution in [0.3, 0.4) is 0 Å². The van der Waals surface area contributed by atoms with E-state index in [1.165, 1.54) is 0 Å². The van der Waals surface area contributed by atoms with Crippen molar-refractivity contribution in [3.63, 3.8) is 0 Å². The molecule has 0 fully saturated rings. The van der Waals surface area contributed by atoms with Gasteiger partial charge in [0.25, 0.3) is 0 Å². The van der Waals surface area contributed by atoms with Crippen LogP contribution in [0.15, 0.2) is 16.6 Å². The Labute approximate surface area is 126 Å². The summed E-state index contributed by atoms with van der Waals surface area (Å²) in [4.78, 5) is 11.9. The third-order valence-corrected chi connectivity index (χ3v) is 3.51. The molecule has 0 unspecified atom stereocenters. The molecule has 0 bridgehead atoms. The van der Waals surface area contributed by atoms with E-state index < -0.39 is 11.6 Å². The van der Waals surface area contributed by atoms with E-state index in [9.17, 15) is 13.6 Å². The van der Waals surface area contributed by atoms with Crippen LogP contribution in [0.1, 0.15) is 26.7 Å². The number of hydrogen-bond acceptors (Lipinski definition) is 2.